The van der Waals surface area contributed by atoms with Crippen LogP contribution in [0.15, 0.2) is 188 Å². The van der Waals surface area contributed by atoms with Crippen molar-refractivity contribution in [3.05, 3.63) is 188 Å². The first-order chi connectivity index (χ1) is 27.7. The molecule has 1 aliphatic heterocycles. The van der Waals surface area contributed by atoms with Crippen molar-refractivity contribution in [3.8, 4) is 40.1 Å². The maximum atomic E-state index is 7.07. The molecule has 0 spiro atoms. The number of ether oxygens (including phenoxy) is 2. The molecule has 0 radical (unpaired) electrons. The highest BCUT2D eigenvalue weighted by atomic mass is 28.3. The quantitative estimate of drug-likeness (QED) is 0.160. The second-order valence-corrected chi connectivity index (χ2v) is 18.0. The molecule has 0 unspecified atom stereocenters. The van der Waals surface area contributed by atoms with Gasteiger partial charge in [-0.1, -0.05) is 127 Å². The predicted molar refractivity (Wildman–Crippen MR) is 228 cm³/mol. The maximum Gasteiger partial charge on any atom is 0.190 e. The molecule has 0 N–H and O–H groups in total. The van der Waals surface area contributed by atoms with Crippen LogP contribution in [0, 0.1) is 0 Å². The van der Waals surface area contributed by atoms with E-state index in [0.29, 0.717) is 0 Å². The fourth-order valence-corrected chi connectivity index (χ4v) is 13.6. The van der Waals surface area contributed by atoms with Gasteiger partial charge in [0.05, 0.1) is 27.6 Å². The van der Waals surface area contributed by atoms with Crippen LogP contribution in [0.1, 0.15) is 0 Å². The summed E-state index contributed by atoms with van der Waals surface area (Å²) in [5.41, 5.74) is 5.85. The fourth-order valence-electron chi connectivity index (χ4n) is 8.74. The molecule has 7 aromatic carbocycles. The van der Waals surface area contributed by atoms with Crippen LogP contribution in [-0.4, -0.2) is 27.2 Å². The summed E-state index contributed by atoms with van der Waals surface area (Å²) in [6, 6.07) is 63.5. The van der Waals surface area contributed by atoms with E-state index >= 15 is 0 Å². The molecule has 0 fully saturated rings. The molecule has 10 aromatic rings. The zero-order valence-corrected chi connectivity index (χ0v) is 31.5. The number of benzene rings is 7. The number of para-hydroxylation sites is 4. The third-order valence-corrected chi connectivity index (χ3v) is 15.9. The Balaban J connectivity index is 1.08. The molecule has 11 rings (SSSR count). The lowest BCUT2D eigenvalue weighted by Crippen LogP contribution is -2.76. The van der Waals surface area contributed by atoms with Crippen molar-refractivity contribution in [2.24, 2.45) is 7.05 Å². The number of rotatable bonds is 6. The third kappa shape index (κ3) is 4.81. The Labute approximate surface area is 324 Å². The molecular formula is C49H34N4O2Si. The van der Waals surface area contributed by atoms with Crippen LogP contribution in [0.5, 0.6) is 23.0 Å². The lowest BCUT2D eigenvalue weighted by atomic mass is 10.2. The number of hydrogen-bond donors (Lipinski definition) is 0. The van der Waals surface area contributed by atoms with Gasteiger partial charge in [0.15, 0.2) is 8.07 Å². The second-order valence-electron chi connectivity index (χ2n) is 14.2. The zero-order chi connectivity index (χ0) is 37.2. The second kappa shape index (κ2) is 12.7. The Morgan fingerprint density at radius 2 is 1.25 bits per heavy atom. The molecule has 0 atom stereocenters. The number of imidazole rings is 1. The predicted octanol–water partition coefficient (Wildman–Crippen LogP) is 9.01. The smallest absolute Gasteiger partial charge is 0.190 e. The fraction of sp³-hybridized carbons (Fsp3) is 0.0204. The number of fused-ring (bicyclic) bond motifs is 7. The molecule has 3 aromatic heterocycles. The van der Waals surface area contributed by atoms with E-state index in [9.17, 15) is 0 Å². The summed E-state index contributed by atoms with van der Waals surface area (Å²) in [5.74, 6) is 4.10. The normalized spacial score (nSPS) is 13.0. The first-order valence-corrected chi connectivity index (χ1v) is 20.8. The van der Waals surface area contributed by atoms with E-state index in [-0.39, 0.29) is 0 Å². The lowest BCUT2D eigenvalue weighted by Gasteiger charge is -2.39. The van der Waals surface area contributed by atoms with E-state index < -0.39 is 8.07 Å². The number of hydrogen-bond acceptors (Lipinski definition) is 4. The van der Waals surface area contributed by atoms with Gasteiger partial charge in [-0.3, -0.25) is 4.57 Å². The standard InChI is InChI=1S/C49H34N4O2Si/c1-52-42-27-11-9-25-40(42)51-48(52)33-16-14-18-35(30-33)54-36-19-15-17-34(31-36)53-41-26-10-8-24-39(41)46-47-45(32-50-49(46)53)56(37-20-4-2-5-21-37,38-22-6-3-7-23-38)44-29-13-12-28-43(44)55-47/h2-32H,1H3. The Bertz CT molecular complexity index is 3080. The average molecular weight is 739 g/mol. The molecule has 0 saturated carbocycles. The summed E-state index contributed by atoms with van der Waals surface area (Å²) in [5, 5.41) is 7.02. The van der Waals surface area contributed by atoms with Crippen molar-refractivity contribution < 1.29 is 9.47 Å². The van der Waals surface area contributed by atoms with Crippen LogP contribution in [0.25, 0.3) is 50.0 Å². The van der Waals surface area contributed by atoms with Gasteiger partial charge in [0.1, 0.15) is 34.5 Å². The van der Waals surface area contributed by atoms with Gasteiger partial charge in [-0.05, 0) is 64.1 Å². The zero-order valence-electron chi connectivity index (χ0n) is 30.5. The van der Waals surface area contributed by atoms with Crippen LogP contribution in [0.4, 0.5) is 0 Å². The van der Waals surface area contributed by atoms with E-state index in [1.54, 1.807) is 0 Å². The lowest BCUT2D eigenvalue weighted by molar-refractivity contribution is 0.482. The monoisotopic (exact) mass is 738 g/mol. The minimum Gasteiger partial charge on any atom is -0.457 e. The molecule has 0 amide bonds. The molecule has 266 valence electrons. The van der Waals surface area contributed by atoms with E-state index in [1.807, 2.05) is 55.6 Å². The van der Waals surface area contributed by atoms with Gasteiger partial charge in [-0.25, -0.2) is 9.97 Å². The Morgan fingerprint density at radius 1 is 0.589 bits per heavy atom. The van der Waals surface area contributed by atoms with Crippen molar-refractivity contribution in [2.45, 2.75) is 0 Å². The van der Waals surface area contributed by atoms with Gasteiger partial charge in [0.25, 0.3) is 0 Å². The van der Waals surface area contributed by atoms with E-state index in [2.05, 4.69) is 149 Å². The largest absolute Gasteiger partial charge is 0.457 e. The summed E-state index contributed by atoms with van der Waals surface area (Å²) in [7, 11) is -0.819. The first-order valence-electron chi connectivity index (χ1n) is 18.8. The molecule has 6 nitrogen and oxygen atoms in total. The van der Waals surface area contributed by atoms with Crippen LogP contribution in [0.2, 0.25) is 0 Å². The molecule has 0 bridgehead atoms. The highest BCUT2D eigenvalue weighted by Crippen LogP contribution is 2.41. The highest BCUT2D eigenvalue weighted by molar-refractivity contribution is 7.20. The molecule has 7 heteroatoms. The van der Waals surface area contributed by atoms with Crippen LogP contribution in [-0.2, 0) is 7.05 Å². The Kier molecular flexibility index (Phi) is 7.30. The van der Waals surface area contributed by atoms with Gasteiger partial charge in [0.2, 0.25) is 0 Å². The first kappa shape index (κ1) is 32.2. The van der Waals surface area contributed by atoms with Crippen molar-refractivity contribution >= 4 is 61.8 Å². The maximum absolute atomic E-state index is 7.07. The molecular weight excluding hydrogens is 705 g/mol. The van der Waals surface area contributed by atoms with Crippen molar-refractivity contribution in [1.82, 2.24) is 19.1 Å². The Morgan fingerprint density at radius 3 is 2.04 bits per heavy atom. The minimum absolute atomic E-state index is 0.721. The number of aromatic nitrogens is 4. The van der Waals surface area contributed by atoms with Crippen LogP contribution >= 0.6 is 0 Å². The molecule has 0 saturated heterocycles. The van der Waals surface area contributed by atoms with E-state index in [1.165, 1.54) is 15.6 Å². The van der Waals surface area contributed by atoms with Gasteiger partial charge in [-0.2, -0.15) is 0 Å². The Hall–Kier alpha value is -7.22. The van der Waals surface area contributed by atoms with Gasteiger partial charge in [0, 0.05) is 35.4 Å². The third-order valence-electron chi connectivity index (χ3n) is 11.1. The van der Waals surface area contributed by atoms with Gasteiger partial charge in [-0.15, -0.1) is 0 Å². The molecule has 1 aliphatic rings. The number of nitrogens with zero attached hydrogens (tertiary/aromatic N) is 4. The summed E-state index contributed by atoms with van der Waals surface area (Å²) < 4.78 is 18.0. The summed E-state index contributed by atoms with van der Waals surface area (Å²) in [6.45, 7) is 0. The molecule has 4 heterocycles. The molecule has 0 aliphatic carbocycles. The summed E-state index contributed by atoms with van der Waals surface area (Å²) >= 11 is 0. The van der Waals surface area contributed by atoms with Gasteiger partial charge >= 0.3 is 0 Å². The molecule has 56 heavy (non-hydrogen) atoms. The number of pyridine rings is 1. The topological polar surface area (TPSA) is 54.1 Å². The summed E-state index contributed by atoms with van der Waals surface area (Å²) in [4.78, 5) is 10.3. The van der Waals surface area contributed by atoms with Crippen molar-refractivity contribution in [1.29, 1.82) is 0 Å². The highest BCUT2D eigenvalue weighted by Gasteiger charge is 2.49. The number of aryl methyl sites for hydroxylation is 1. The summed E-state index contributed by atoms with van der Waals surface area (Å²) in [6.07, 6.45) is 2.09. The minimum atomic E-state index is -2.87. The van der Waals surface area contributed by atoms with Crippen molar-refractivity contribution in [2.75, 3.05) is 0 Å². The van der Waals surface area contributed by atoms with E-state index in [4.69, 9.17) is 19.4 Å². The average Bonchev–Trinajstić information content (AvgIpc) is 3.78. The van der Waals surface area contributed by atoms with E-state index in [0.717, 1.165) is 78.2 Å². The van der Waals surface area contributed by atoms with Gasteiger partial charge < -0.3 is 14.0 Å². The SMILES string of the molecule is Cn1c(-c2cccc(Oc3cccc(-n4c5ccccc5c5c6c(cnc54)[Si](c4ccccc4)(c4ccccc4)c4ccccc4O6)c3)c2)nc2ccccc21. The van der Waals surface area contributed by atoms with Crippen LogP contribution in [0.3, 0.4) is 0 Å². The van der Waals surface area contributed by atoms with Crippen molar-refractivity contribution in [3.63, 3.8) is 0 Å². The van der Waals surface area contributed by atoms with Crippen LogP contribution < -0.4 is 30.2 Å².